The van der Waals surface area contributed by atoms with Crippen molar-refractivity contribution in [1.29, 1.82) is 0 Å². The van der Waals surface area contributed by atoms with Gasteiger partial charge in [-0.2, -0.15) is 0 Å². The number of nitrogens with one attached hydrogen (secondary N) is 1. The van der Waals surface area contributed by atoms with Crippen LogP contribution in [-0.2, 0) is 10.0 Å². The highest BCUT2D eigenvalue weighted by atomic mass is 32.2. The fourth-order valence-corrected chi connectivity index (χ4v) is 2.63. The molecule has 94 valence electrons. The molecular weight excluding hydrogens is 238 g/mol. The zero-order valence-electron chi connectivity index (χ0n) is 9.73. The first-order chi connectivity index (χ1) is 7.78. The Bertz CT molecular complexity index is 536. The van der Waals surface area contributed by atoms with E-state index >= 15 is 0 Å². The van der Waals surface area contributed by atoms with Gasteiger partial charge in [-0.15, -0.1) is 0 Å². The van der Waals surface area contributed by atoms with Crippen LogP contribution in [0.5, 0.6) is 0 Å². The predicted octanol–water partition coefficient (Wildman–Crippen LogP) is 1.27. The van der Waals surface area contributed by atoms with Gasteiger partial charge in [-0.25, -0.2) is 13.6 Å². The summed E-state index contributed by atoms with van der Waals surface area (Å²) in [7, 11) is -3.71. The molecule has 0 spiro atoms. The molecule has 5 nitrogen and oxygen atoms in total. The third kappa shape index (κ3) is 2.70. The minimum Gasteiger partial charge on any atom is -0.399 e. The van der Waals surface area contributed by atoms with Crippen molar-refractivity contribution >= 4 is 21.4 Å². The summed E-state index contributed by atoms with van der Waals surface area (Å²) in [6, 6.07) is 4.61. The summed E-state index contributed by atoms with van der Waals surface area (Å²) >= 11 is 0. The van der Waals surface area contributed by atoms with E-state index in [1.54, 1.807) is 6.07 Å². The number of nitrogens with two attached hydrogens (primary N) is 2. The molecule has 0 atom stereocenters. The Morgan fingerprint density at radius 2 is 1.94 bits per heavy atom. The van der Waals surface area contributed by atoms with Crippen molar-refractivity contribution < 1.29 is 8.42 Å². The largest absolute Gasteiger partial charge is 0.399 e. The molecule has 0 unspecified atom stereocenters. The Labute approximate surface area is 101 Å². The van der Waals surface area contributed by atoms with Gasteiger partial charge >= 0.3 is 0 Å². The highest BCUT2D eigenvalue weighted by Gasteiger charge is 2.31. The van der Waals surface area contributed by atoms with E-state index in [2.05, 4.69) is 12.2 Å². The van der Waals surface area contributed by atoms with Gasteiger partial charge in [0.05, 0.1) is 4.90 Å². The SMILES string of the molecule is CC1(Nc2cc(N)cc(S(N)(=O)=O)c2)CCC1. The lowest BCUT2D eigenvalue weighted by Gasteiger charge is -2.40. The molecule has 2 rings (SSSR count). The number of hydrogen-bond donors (Lipinski definition) is 3. The van der Waals surface area contributed by atoms with E-state index < -0.39 is 10.0 Å². The monoisotopic (exact) mass is 255 g/mol. The molecule has 1 fully saturated rings. The van der Waals surface area contributed by atoms with Crippen molar-refractivity contribution in [3.05, 3.63) is 18.2 Å². The van der Waals surface area contributed by atoms with Crippen LogP contribution in [0.2, 0.25) is 0 Å². The van der Waals surface area contributed by atoms with E-state index in [9.17, 15) is 8.42 Å². The van der Waals surface area contributed by atoms with Crippen LogP contribution in [0.25, 0.3) is 0 Å². The highest BCUT2D eigenvalue weighted by molar-refractivity contribution is 7.89. The molecule has 5 N–H and O–H groups in total. The third-order valence-corrected chi connectivity index (χ3v) is 4.05. The molecule has 0 heterocycles. The van der Waals surface area contributed by atoms with Crippen LogP contribution in [0.1, 0.15) is 26.2 Å². The quantitative estimate of drug-likeness (QED) is 0.708. The van der Waals surface area contributed by atoms with Gasteiger partial charge < -0.3 is 11.1 Å². The van der Waals surface area contributed by atoms with Crippen molar-refractivity contribution in [3.8, 4) is 0 Å². The molecule has 0 aromatic heterocycles. The molecule has 17 heavy (non-hydrogen) atoms. The predicted molar refractivity (Wildman–Crippen MR) is 68.1 cm³/mol. The molecule has 1 aromatic carbocycles. The van der Waals surface area contributed by atoms with Gasteiger partial charge in [-0.1, -0.05) is 0 Å². The van der Waals surface area contributed by atoms with Crippen LogP contribution in [0.15, 0.2) is 23.1 Å². The Morgan fingerprint density at radius 3 is 2.41 bits per heavy atom. The van der Waals surface area contributed by atoms with E-state index in [4.69, 9.17) is 10.9 Å². The van der Waals surface area contributed by atoms with E-state index in [0.29, 0.717) is 11.4 Å². The number of primary sulfonamides is 1. The van der Waals surface area contributed by atoms with Gasteiger partial charge in [0.2, 0.25) is 10.0 Å². The first-order valence-corrected chi connectivity index (χ1v) is 7.05. The molecule has 1 aliphatic carbocycles. The number of hydrogen-bond acceptors (Lipinski definition) is 4. The van der Waals surface area contributed by atoms with E-state index in [-0.39, 0.29) is 10.4 Å². The second-order valence-electron chi connectivity index (χ2n) is 4.87. The highest BCUT2D eigenvalue weighted by Crippen LogP contribution is 2.35. The Balaban J connectivity index is 2.32. The summed E-state index contributed by atoms with van der Waals surface area (Å²) < 4.78 is 22.6. The molecular formula is C11H17N3O2S. The van der Waals surface area contributed by atoms with Crippen molar-refractivity contribution in [2.45, 2.75) is 36.6 Å². The molecule has 1 saturated carbocycles. The van der Waals surface area contributed by atoms with Crippen molar-refractivity contribution in [3.63, 3.8) is 0 Å². The fraction of sp³-hybridized carbons (Fsp3) is 0.455. The van der Waals surface area contributed by atoms with Crippen LogP contribution in [-0.4, -0.2) is 14.0 Å². The fourth-order valence-electron chi connectivity index (χ4n) is 2.04. The molecule has 0 bridgehead atoms. The van der Waals surface area contributed by atoms with E-state index in [1.165, 1.54) is 18.6 Å². The van der Waals surface area contributed by atoms with Crippen LogP contribution in [0.3, 0.4) is 0 Å². The first kappa shape index (κ1) is 12.2. The lowest BCUT2D eigenvalue weighted by Crippen LogP contribution is -2.41. The van der Waals surface area contributed by atoms with E-state index in [1.807, 2.05) is 0 Å². The second-order valence-corrected chi connectivity index (χ2v) is 6.44. The average molecular weight is 255 g/mol. The first-order valence-electron chi connectivity index (χ1n) is 5.50. The van der Waals surface area contributed by atoms with Crippen molar-refractivity contribution in [2.75, 3.05) is 11.1 Å². The second kappa shape index (κ2) is 3.89. The summed E-state index contributed by atoms with van der Waals surface area (Å²) in [5, 5.41) is 8.40. The summed E-state index contributed by atoms with van der Waals surface area (Å²) in [6.45, 7) is 2.11. The van der Waals surface area contributed by atoms with Crippen molar-refractivity contribution in [1.82, 2.24) is 0 Å². The zero-order valence-corrected chi connectivity index (χ0v) is 10.5. The average Bonchev–Trinajstić information content (AvgIpc) is 2.13. The standard InChI is InChI=1S/C11H17N3O2S/c1-11(3-2-4-11)14-9-5-8(12)6-10(7-9)17(13,15)16/h5-7,14H,2-4,12H2,1H3,(H2,13,15,16). The summed E-state index contributed by atoms with van der Waals surface area (Å²) in [5.74, 6) is 0. The van der Waals surface area contributed by atoms with Crippen LogP contribution < -0.4 is 16.2 Å². The van der Waals surface area contributed by atoms with Crippen LogP contribution in [0, 0.1) is 0 Å². The molecule has 0 saturated heterocycles. The lowest BCUT2D eigenvalue weighted by molar-refractivity contribution is 0.306. The number of nitrogen functional groups attached to an aromatic ring is 1. The van der Waals surface area contributed by atoms with Gasteiger partial charge in [-0.05, 0) is 44.4 Å². The summed E-state index contributed by atoms with van der Waals surface area (Å²) in [4.78, 5) is 0.0444. The Morgan fingerprint density at radius 1 is 1.29 bits per heavy atom. The van der Waals surface area contributed by atoms with Gasteiger partial charge in [0.25, 0.3) is 0 Å². The molecule has 0 radical (unpaired) electrons. The minimum absolute atomic E-state index is 0.0444. The van der Waals surface area contributed by atoms with E-state index in [0.717, 1.165) is 12.8 Å². The molecule has 1 aliphatic rings. The summed E-state index contributed by atoms with van der Waals surface area (Å²) in [6.07, 6.45) is 3.34. The zero-order chi connectivity index (χ0) is 12.7. The van der Waals surface area contributed by atoms with Crippen LogP contribution in [0.4, 0.5) is 11.4 Å². The van der Waals surface area contributed by atoms with Crippen molar-refractivity contribution in [2.24, 2.45) is 5.14 Å². The minimum atomic E-state index is -3.71. The van der Waals surface area contributed by atoms with Gasteiger partial charge in [0.15, 0.2) is 0 Å². The van der Waals surface area contributed by atoms with Gasteiger partial charge in [0.1, 0.15) is 0 Å². The van der Waals surface area contributed by atoms with Crippen LogP contribution >= 0.6 is 0 Å². The lowest BCUT2D eigenvalue weighted by atomic mass is 9.78. The maximum absolute atomic E-state index is 11.3. The maximum atomic E-state index is 11.3. The number of benzene rings is 1. The Hall–Kier alpha value is -1.27. The normalized spacial score (nSPS) is 18.5. The number of anilines is 2. The smallest absolute Gasteiger partial charge is 0.238 e. The topological polar surface area (TPSA) is 98.2 Å². The molecule has 1 aromatic rings. The molecule has 0 aliphatic heterocycles. The number of rotatable bonds is 3. The van der Waals surface area contributed by atoms with Gasteiger partial charge in [0, 0.05) is 16.9 Å². The Kier molecular flexibility index (Phi) is 2.79. The summed E-state index contributed by atoms with van der Waals surface area (Å²) in [5.41, 5.74) is 6.82. The maximum Gasteiger partial charge on any atom is 0.238 e. The van der Waals surface area contributed by atoms with Gasteiger partial charge in [-0.3, -0.25) is 0 Å². The number of sulfonamides is 1. The molecule has 6 heteroatoms. The third-order valence-electron chi connectivity index (χ3n) is 3.16. The molecule has 0 amide bonds.